The Bertz CT molecular complexity index is 585. The van der Waals surface area contributed by atoms with Crippen LogP contribution in [0.4, 0.5) is 14.5 Å². The van der Waals surface area contributed by atoms with Crippen LogP contribution in [0.5, 0.6) is 5.75 Å². The van der Waals surface area contributed by atoms with E-state index in [0.717, 1.165) is 10.9 Å². The standard InChI is InChI=1S/C13H14F2N2O/c1-7-4-5-10(18-3)12-11(7)8(16-2)6-9(17-12)13(14)15/h4-6,13H,1-3H3,(H,16,17). The molecule has 0 bridgehead atoms. The third-order valence-corrected chi connectivity index (χ3v) is 2.86. The van der Waals surface area contributed by atoms with Crippen molar-refractivity contribution in [2.75, 3.05) is 19.5 Å². The number of nitrogens with zero attached hydrogens (tertiary/aromatic N) is 1. The monoisotopic (exact) mass is 252 g/mol. The lowest BCUT2D eigenvalue weighted by Gasteiger charge is -2.13. The number of ether oxygens (including phenoxy) is 1. The molecule has 0 fully saturated rings. The third kappa shape index (κ3) is 1.96. The second kappa shape index (κ2) is 4.76. The van der Waals surface area contributed by atoms with E-state index < -0.39 is 6.43 Å². The number of halogens is 2. The van der Waals surface area contributed by atoms with Crippen molar-refractivity contribution in [3.05, 3.63) is 29.5 Å². The number of alkyl halides is 2. The summed E-state index contributed by atoms with van der Waals surface area (Å²) in [5.41, 5.74) is 1.80. The molecule has 1 N–H and O–H groups in total. The van der Waals surface area contributed by atoms with Crippen LogP contribution in [0.2, 0.25) is 0 Å². The van der Waals surface area contributed by atoms with Crippen molar-refractivity contribution in [2.45, 2.75) is 13.3 Å². The fourth-order valence-corrected chi connectivity index (χ4v) is 1.98. The third-order valence-electron chi connectivity index (χ3n) is 2.86. The number of hydrogen-bond donors (Lipinski definition) is 1. The lowest BCUT2D eigenvalue weighted by atomic mass is 10.1. The summed E-state index contributed by atoms with van der Waals surface area (Å²) in [4.78, 5) is 4.00. The van der Waals surface area contributed by atoms with Crippen molar-refractivity contribution in [1.82, 2.24) is 4.98 Å². The number of anilines is 1. The van der Waals surface area contributed by atoms with Crippen LogP contribution < -0.4 is 10.1 Å². The second-order valence-corrected chi connectivity index (χ2v) is 3.95. The van der Waals surface area contributed by atoms with Gasteiger partial charge in [0.25, 0.3) is 6.43 Å². The molecule has 0 spiro atoms. The number of aromatic nitrogens is 1. The van der Waals surface area contributed by atoms with Crippen LogP contribution in [0.3, 0.4) is 0 Å². The summed E-state index contributed by atoms with van der Waals surface area (Å²) in [7, 11) is 3.20. The van der Waals surface area contributed by atoms with Gasteiger partial charge in [-0.1, -0.05) is 6.07 Å². The molecule has 0 aliphatic carbocycles. The molecule has 1 aromatic carbocycles. The van der Waals surface area contributed by atoms with Crippen LogP contribution in [0.1, 0.15) is 17.7 Å². The Morgan fingerprint density at radius 1 is 1.33 bits per heavy atom. The summed E-state index contributed by atoms with van der Waals surface area (Å²) in [5, 5.41) is 3.74. The lowest BCUT2D eigenvalue weighted by Crippen LogP contribution is -2.00. The topological polar surface area (TPSA) is 34.2 Å². The van der Waals surface area contributed by atoms with E-state index in [0.29, 0.717) is 17.0 Å². The van der Waals surface area contributed by atoms with Crippen LogP contribution in [0.15, 0.2) is 18.2 Å². The first kappa shape index (κ1) is 12.5. The highest BCUT2D eigenvalue weighted by molar-refractivity contribution is 5.97. The van der Waals surface area contributed by atoms with E-state index in [4.69, 9.17) is 4.74 Å². The van der Waals surface area contributed by atoms with Gasteiger partial charge in [-0.3, -0.25) is 0 Å². The van der Waals surface area contributed by atoms with E-state index in [-0.39, 0.29) is 5.69 Å². The predicted molar refractivity (Wildman–Crippen MR) is 67.5 cm³/mol. The SMILES string of the molecule is CNc1cc(C(F)F)nc2c(OC)ccc(C)c12. The molecule has 3 nitrogen and oxygen atoms in total. The highest BCUT2D eigenvalue weighted by atomic mass is 19.3. The molecular formula is C13H14F2N2O. The van der Waals surface area contributed by atoms with Crippen LogP contribution in [0.25, 0.3) is 10.9 Å². The van der Waals surface area contributed by atoms with E-state index in [1.807, 2.05) is 13.0 Å². The van der Waals surface area contributed by atoms with E-state index in [1.54, 1.807) is 13.1 Å². The zero-order valence-electron chi connectivity index (χ0n) is 10.4. The first-order chi connectivity index (χ1) is 8.58. The van der Waals surface area contributed by atoms with Gasteiger partial charge in [0.1, 0.15) is 17.0 Å². The largest absolute Gasteiger partial charge is 0.494 e. The molecule has 0 aliphatic rings. The van der Waals surface area contributed by atoms with Crippen LogP contribution in [0, 0.1) is 6.92 Å². The zero-order valence-corrected chi connectivity index (χ0v) is 10.4. The molecule has 0 atom stereocenters. The van der Waals surface area contributed by atoms with Crippen molar-refractivity contribution in [3.63, 3.8) is 0 Å². The van der Waals surface area contributed by atoms with Gasteiger partial charge >= 0.3 is 0 Å². The van der Waals surface area contributed by atoms with Crippen molar-refractivity contribution >= 4 is 16.6 Å². The molecule has 0 unspecified atom stereocenters. The Morgan fingerprint density at radius 2 is 2.06 bits per heavy atom. The summed E-state index contributed by atoms with van der Waals surface area (Å²) in [6.07, 6.45) is -2.60. The first-order valence-electron chi connectivity index (χ1n) is 5.52. The molecule has 0 amide bonds. The molecule has 1 heterocycles. The number of hydrogen-bond acceptors (Lipinski definition) is 3. The van der Waals surface area contributed by atoms with Gasteiger partial charge in [0.15, 0.2) is 0 Å². The smallest absolute Gasteiger partial charge is 0.280 e. The van der Waals surface area contributed by atoms with E-state index >= 15 is 0 Å². The molecule has 5 heteroatoms. The van der Waals surface area contributed by atoms with Crippen LogP contribution in [-0.2, 0) is 0 Å². The number of benzene rings is 1. The number of aryl methyl sites for hydroxylation is 1. The average molecular weight is 252 g/mol. The van der Waals surface area contributed by atoms with Gasteiger partial charge in [-0.05, 0) is 24.6 Å². The quantitative estimate of drug-likeness (QED) is 0.907. The van der Waals surface area contributed by atoms with Crippen LogP contribution >= 0.6 is 0 Å². The summed E-state index contributed by atoms with van der Waals surface area (Å²) in [6, 6.07) is 4.99. The number of methoxy groups -OCH3 is 1. The molecule has 2 rings (SSSR count). The minimum atomic E-state index is -2.60. The van der Waals surface area contributed by atoms with E-state index in [2.05, 4.69) is 10.3 Å². The van der Waals surface area contributed by atoms with Gasteiger partial charge in [-0.2, -0.15) is 0 Å². The molecule has 1 aromatic heterocycles. The number of rotatable bonds is 3. The highest BCUT2D eigenvalue weighted by Crippen LogP contribution is 2.34. The zero-order chi connectivity index (χ0) is 13.3. The maximum atomic E-state index is 12.8. The summed E-state index contributed by atoms with van der Waals surface area (Å²) in [6.45, 7) is 1.91. The van der Waals surface area contributed by atoms with E-state index in [1.165, 1.54) is 13.2 Å². The average Bonchev–Trinajstić information content (AvgIpc) is 2.37. The molecule has 0 aliphatic heterocycles. The maximum absolute atomic E-state index is 12.8. The highest BCUT2D eigenvalue weighted by Gasteiger charge is 2.16. The normalized spacial score (nSPS) is 11.0. The minimum Gasteiger partial charge on any atom is -0.494 e. The number of fused-ring (bicyclic) bond motifs is 1. The molecule has 96 valence electrons. The Balaban J connectivity index is 2.86. The first-order valence-corrected chi connectivity index (χ1v) is 5.52. The van der Waals surface area contributed by atoms with Crippen LogP contribution in [-0.4, -0.2) is 19.1 Å². The second-order valence-electron chi connectivity index (χ2n) is 3.95. The van der Waals surface area contributed by atoms with Crippen molar-refractivity contribution in [3.8, 4) is 5.75 Å². The fourth-order valence-electron chi connectivity index (χ4n) is 1.98. The van der Waals surface area contributed by atoms with Gasteiger partial charge < -0.3 is 10.1 Å². The molecule has 0 radical (unpaired) electrons. The van der Waals surface area contributed by atoms with Crippen molar-refractivity contribution in [1.29, 1.82) is 0 Å². The Kier molecular flexibility index (Phi) is 3.32. The Hall–Kier alpha value is -1.91. The van der Waals surface area contributed by atoms with Gasteiger partial charge in [0, 0.05) is 18.1 Å². The Labute approximate surface area is 104 Å². The maximum Gasteiger partial charge on any atom is 0.280 e. The summed E-state index contributed by atoms with van der Waals surface area (Å²) in [5.74, 6) is 0.495. The molecular weight excluding hydrogens is 238 g/mol. The minimum absolute atomic E-state index is 0.254. The number of nitrogens with one attached hydrogen (secondary N) is 1. The summed E-state index contributed by atoms with van der Waals surface area (Å²) >= 11 is 0. The molecule has 0 saturated heterocycles. The van der Waals surface area contributed by atoms with E-state index in [9.17, 15) is 8.78 Å². The molecule has 2 aromatic rings. The predicted octanol–water partition coefficient (Wildman–Crippen LogP) is 3.53. The fraction of sp³-hybridized carbons (Fsp3) is 0.308. The lowest BCUT2D eigenvalue weighted by molar-refractivity contribution is 0.146. The van der Waals surface area contributed by atoms with Crippen molar-refractivity contribution < 1.29 is 13.5 Å². The Morgan fingerprint density at radius 3 is 2.61 bits per heavy atom. The summed E-state index contributed by atoms with van der Waals surface area (Å²) < 4.78 is 30.8. The van der Waals surface area contributed by atoms with Gasteiger partial charge in [0.05, 0.1) is 7.11 Å². The van der Waals surface area contributed by atoms with Gasteiger partial charge in [0.2, 0.25) is 0 Å². The van der Waals surface area contributed by atoms with Gasteiger partial charge in [-0.25, -0.2) is 13.8 Å². The van der Waals surface area contributed by atoms with Crippen molar-refractivity contribution in [2.24, 2.45) is 0 Å². The van der Waals surface area contributed by atoms with Gasteiger partial charge in [-0.15, -0.1) is 0 Å². The molecule has 18 heavy (non-hydrogen) atoms. The molecule has 0 saturated carbocycles. The number of pyridine rings is 1.